The van der Waals surface area contributed by atoms with Gasteiger partial charge in [-0.1, -0.05) is 103 Å². The van der Waals surface area contributed by atoms with Gasteiger partial charge in [0, 0.05) is 49.3 Å². The topological polar surface area (TPSA) is 543 Å². The number of aliphatic carboxylic acids is 4. The van der Waals surface area contributed by atoms with Gasteiger partial charge in [0.25, 0.3) is 0 Å². The fraction of sp³-hybridized carbons (Fsp3) is 0.580. The fourth-order valence-corrected chi connectivity index (χ4v) is 11.6. The fourth-order valence-electron chi connectivity index (χ4n) is 11.6. The van der Waals surface area contributed by atoms with Gasteiger partial charge in [-0.05, 0) is 93.2 Å². The number of fused-ring (bicyclic) bond motifs is 1. The summed E-state index contributed by atoms with van der Waals surface area (Å²) in [5.41, 5.74) is 7.44. The van der Waals surface area contributed by atoms with Crippen molar-refractivity contribution in [3.05, 3.63) is 71.9 Å². The second-order valence-electron chi connectivity index (χ2n) is 27.0. The van der Waals surface area contributed by atoms with Crippen molar-refractivity contribution in [3.8, 4) is 0 Å². The third kappa shape index (κ3) is 28.0. The molecular weight excluding hydrogens is 1350 g/mol. The normalized spacial score (nSPS) is 16.3. The molecule has 19 N–H and O–H groups in total. The van der Waals surface area contributed by atoms with E-state index in [0.29, 0.717) is 34.9 Å². The van der Waals surface area contributed by atoms with E-state index in [2.05, 4.69) is 58.2 Å². The highest BCUT2D eigenvalue weighted by Crippen LogP contribution is 2.23. The molecular formula is C69H101N13O21. The van der Waals surface area contributed by atoms with Gasteiger partial charge in [-0.15, -0.1) is 0 Å². The second-order valence-corrected chi connectivity index (χ2v) is 27.0. The molecule has 3 aromatic rings. The number of nitrogens with two attached hydrogens (primary N) is 1. The molecule has 11 amide bonds. The first-order valence-electron chi connectivity index (χ1n) is 34.4. The first-order valence-corrected chi connectivity index (χ1v) is 34.4. The second kappa shape index (κ2) is 41.7. The molecule has 1 unspecified atom stereocenters. The molecule has 568 valence electrons. The maximum atomic E-state index is 14.9. The smallest absolute Gasteiger partial charge is 0.326 e. The van der Waals surface area contributed by atoms with Crippen LogP contribution >= 0.6 is 0 Å². The lowest BCUT2D eigenvalue weighted by Crippen LogP contribution is -2.62. The molecule has 1 aromatic heterocycles. The van der Waals surface area contributed by atoms with E-state index in [-0.39, 0.29) is 69.7 Å². The van der Waals surface area contributed by atoms with Crippen LogP contribution in [0.3, 0.4) is 0 Å². The Balaban J connectivity index is 1.60. The molecule has 1 fully saturated rings. The van der Waals surface area contributed by atoms with Gasteiger partial charge < -0.3 is 99.4 Å². The molecule has 2 aromatic carbocycles. The third-order valence-electron chi connectivity index (χ3n) is 16.9. The van der Waals surface area contributed by atoms with Gasteiger partial charge in [0.2, 0.25) is 65.0 Å². The minimum Gasteiger partial charge on any atom is -0.481 e. The van der Waals surface area contributed by atoms with Crippen LogP contribution in [0.25, 0.3) is 10.9 Å². The molecule has 2 heterocycles. The molecule has 1 aliphatic rings. The van der Waals surface area contributed by atoms with Crippen LogP contribution in [0.15, 0.2) is 60.8 Å². The molecule has 0 radical (unpaired) electrons. The van der Waals surface area contributed by atoms with Crippen LogP contribution in [0.2, 0.25) is 0 Å². The van der Waals surface area contributed by atoms with E-state index >= 15 is 0 Å². The maximum absolute atomic E-state index is 14.9. The van der Waals surface area contributed by atoms with E-state index in [1.807, 2.05) is 0 Å². The Labute approximate surface area is 595 Å². The molecule has 4 rings (SSSR count). The predicted molar refractivity (Wildman–Crippen MR) is 370 cm³/mol. The molecule has 0 saturated carbocycles. The summed E-state index contributed by atoms with van der Waals surface area (Å²) >= 11 is 0. The molecule has 1 saturated heterocycles. The minimum absolute atomic E-state index is 0.0111. The number of hydrogen-bond donors (Lipinski definition) is 18. The molecule has 1 aliphatic heterocycles. The van der Waals surface area contributed by atoms with E-state index in [4.69, 9.17) is 15.9 Å². The Hall–Kier alpha value is -10.1. The third-order valence-corrected chi connectivity index (χ3v) is 16.9. The first kappa shape index (κ1) is 85.3. The van der Waals surface area contributed by atoms with Crippen molar-refractivity contribution < 1.29 is 103 Å². The number of amides is 11. The lowest BCUT2D eigenvalue weighted by Gasteiger charge is -2.31. The average Bonchev–Trinajstić information content (AvgIpc) is 1.76. The number of likely N-dealkylation sites (tertiary alicyclic amines) is 1. The van der Waals surface area contributed by atoms with Crippen LogP contribution in [0.1, 0.15) is 144 Å². The average molecular weight is 1450 g/mol. The molecule has 0 aliphatic carbocycles. The Bertz CT molecular complexity index is 3460. The number of H-pyrrole nitrogens is 1. The summed E-state index contributed by atoms with van der Waals surface area (Å²) in [6.07, 6.45) is -2.74. The van der Waals surface area contributed by atoms with Gasteiger partial charge in [0.05, 0.1) is 25.2 Å². The number of benzene rings is 2. The van der Waals surface area contributed by atoms with E-state index in [1.165, 1.54) is 4.90 Å². The number of aromatic amines is 1. The van der Waals surface area contributed by atoms with E-state index in [9.17, 15) is 92.3 Å². The maximum Gasteiger partial charge on any atom is 0.326 e. The summed E-state index contributed by atoms with van der Waals surface area (Å²) in [6.45, 7) is 12.3. The van der Waals surface area contributed by atoms with Crippen LogP contribution in [0.5, 0.6) is 0 Å². The Kier molecular flexibility index (Phi) is 34.6. The SMILES string of the molecule is CCC[C@H](NC(=O)[C@H](Cc1c[nH]c2ccccc12)NC(=O)[C@H](CC(C)C)NC(=O)[C@H](CC(=O)O)NC(=O)[C@H](CO)NC(=O)[C@H](Cc1ccccc1)NC(=O)[C@@H](NC(=O)C(N)CCC(=O)O)[C@@H](C)O)C(=O)N[C@@H](CC(C)C)C(=O)N[C@@H](CC(C)C)C(=O)N1CCC[C@H]1C(=O)N[C@@H](CCC(=O)O)C(=O)O. The van der Waals surface area contributed by atoms with Crippen LogP contribution in [0, 0.1) is 17.8 Å². The van der Waals surface area contributed by atoms with Crippen molar-refractivity contribution in [2.24, 2.45) is 23.5 Å². The number of aliphatic hydroxyl groups excluding tert-OH is 2. The number of nitrogens with one attached hydrogen (secondary N) is 11. The zero-order valence-corrected chi connectivity index (χ0v) is 59.2. The summed E-state index contributed by atoms with van der Waals surface area (Å²) in [5, 5.41) is 84.5. The number of para-hydroxylation sites is 1. The first-order chi connectivity index (χ1) is 48.5. The Morgan fingerprint density at radius 3 is 1.51 bits per heavy atom. The van der Waals surface area contributed by atoms with Gasteiger partial charge in [0.15, 0.2) is 0 Å². The number of carboxylic acid groups (broad SMARTS) is 4. The van der Waals surface area contributed by atoms with Crippen molar-refractivity contribution in [1.82, 2.24) is 63.1 Å². The molecule has 0 spiro atoms. The van der Waals surface area contributed by atoms with E-state index < -0.39 is 206 Å². The van der Waals surface area contributed by atoms with Crippen molar-refractivity contribution >= 4 is 99.8 Å². The zero-order chi connectivity index (χ0) is 76.9. The van der Waals surface area contributed by atoms with Gasteiger partial charge >= 0.3 is 23.9 Å². The van der Waals surface area contributed by atoms with Crippen LogP contribution in [-0.2, 0) is 84.8 Å². The van der Waals surface area contributed by atoms with Crippen molar-refractivity contribution in [2.45, 2.75) is 224 Å². The van der Waals surface area contributed by atoms with Gasteiger partial charge in [-0.25, -0.2) is 4.79 Å². The molecule has 103 heavy (non-hydrogen) atoms. The molecule has 34 heteroatoms. The molecule has 0 bridgehead atoms. The number of nitrogens with zero attached hydrogens (tertiary/aromatic N) is 1. The minimum atomic E-state index is -2.02. The zero-order valence-electron chi connectivity index (χ0n) is 59.2. The van der Waals surface area contributed by atoms with Crippen molar-refractivity contribution in [2.75, 3.05) is 13.2 Å². The van der Waals surface area contributed by atoms with Gasteiger partial charge in [0.1, 0.15) is 66.5 Å². The summed E-state index contributed by atoms with van der Waals surface area (Å²) in [4.78, 5) is 207. The number of hydrogen-bond acceptors (Lipinski definition) is 18. The summed E-state index contributed by atoms with van der Waals surface area (Å²) in [5.74, 6) is -17.3. The summed E-state index contributed by atoms with van der Waals surface area (Å²) < 4.78 is 0. The predicted octanol–water partition coefficient (Wildman–Crippen LogP) is -1.28. The largest absolute Gasteiger partial charge is 0.481 e. The highest BCUT2D eigenvalue weighted by Gasteiger charge is 2.42. The lowest BCUT2D eigenvalue weighted by atomic mass is 9.98. The van der Waals surface area contributed by atoms with E-state index in [1.54, 1.807) is 109 Å². The summed E-state index contributed by atoms with van der Waals surface area (Å²) in [6, 6.07) is -3.47. The van der Waals surface area contributed by atoms with Crippen LogP contribution in [0.4, 0.5) is 0 Å². The Morgan fingerprint density at radius 2 is 0.971 bits per heavy atom. The lowest BCUT2D eigenvalue weighted by molar-refractivity contribution is -0.146. The summed E-state index contributed by atoms with van der Waals surface area (Å²) in [7, 11) is 0. The highest BCUT2D eigenvalue weighted by atomic mass is 16.4. The van der Waals surface area contributed by atoms with Crippen molar-refractivity contribution in [3.63, 3.8) is 0 Å². The monoisotopic (exact) mass is 1450 g/mol. The standard InChI is InChI=1S/C69H101N13O21/c1-9-16-44(59(92)74-47(28-36(4)5)61(94)79-51(29-37(6)7)68(101)82-26-15-21-53(82)66(99)73-45(69(102)103)23-25-55(87)88)72-63(96)49(31-40-33-71-43-20-14-13-19-41(40)43)76-60(93)46(27-35(2)3)75-64(97)50(32-56(89)90)77-65(98)52(34-83)80-62(95)48(30-39-17-11-10-12-18-39)78-67(100)57(38(8)84)81-58(91)42(70)22-24-54(85)86/h10-14,17-20,33,35-38,42,44-53,57,71,83-84H,9,15-16,21-32,34,70H2,1-8H3,(H,72,96)(H,73,99)(H,74,92)(H,75,97)(H,76,93)(H,77,98)(H,78,100)(H,79,94)(H,80,95)(H,81,91)(H,85,86)(H,87,88)(H,89,90)(H,102,103)/t38-,42?,44+,45+,46+,47+,48+,49+,50+,51+,52+,53+,57+/m1/s1. The van der Waals surface area contributed by atoms with Crippen LogP contribution < -0.4 is 58.9 Å². The molecule has 13 atom stereocenters. The number of aliphatic hydroxyl groups is 2. The molecule has 34 nitrogen and oxygen atoms in total. The Morgan fingerprint density at radius 1 is 0.505 bits per heavy atom. The quantitative estimate of drug-likeness (QED) is 0.0313. The number of carboxylic acids is 4. The van der Waals surface area contributed by atoms with Crippen LogP contribution in [-0.4, -0.2) is 221 Å². The van der Waals surface area contributed by atoms with Crippen molar-refractivity contribution in [1.29, 1.82) is 0 Å². The van der Waals surface area contributed by atoms with E-state index in [0.717, 1.165) is 6.92 Å². The number of carbonyl (C=O) groups excluding carboxylic acids is 11. The number of aromatic nitrogens is 1. The number of rotatable bonds is 44. The highest BCUT2D eigenvalue weighted by molar-refractivity contribution is 6.00. The number of carbonyl (C=O) groups is 15. The van der Waals surface area contributed by atoms with Gasteiger partial charge in [-0.3, -0.25) is 67.1 Å². The van der Waals surface area contributed by atoms with Gasteiger partial charge in [-0.2, -0.15) is 0 Å².